The zero-order valence-corrected chi connectivity index (χ0v) is 11.1. The molecule has 1 aliphatic rings. The molecule has 0 aliphatic carbocycles. The molecule has 1 unspecified atom stereocenters. The number of amides is 1. The summed E-state index contributed by atoms with van der Waals surface area (Å²) >= 11 is 0. The monoisotopic (exact) mass is 266 g/mol. The Kier molecular flexibility index (Phi) is 3.90. The van der Waals surface area contributed by atoms with E-state index in [1.54, 1.807) is 13.8 Å². The van der Waals surface area contributed by atoms with Crippen molar-refractivity contribution in [1.82, 2.24) is 10.3 Å². The second kappa shape index (κ2) is 5.44. The Hall–Kier alpha value is -1.82. The molecule has 2 heterocycles. The highest BCUT2D eigenvalue weighted by Crippen LogP contribution is 2.18. The predicted octanol–water partition coefficient (Wildman–Crippen LogP) is 1.24. The highest BCUT2D eigenvalue weighted by molar-refractivity contribution is 6.00. The standard InChI is InChI=1S/C13H18N2O4/c1-7-10(8(2)15-11(7)13(17)18)12(16)14-6-9-4-3-5-19-9/h9,15H,3-6H2,1-2H3,(H,14,16)(H,17,18). The smallest absolute Gasteiger partial charge is 0.352 e. The molecule has 0 radical (unpaired) electrons. The minimum Gasteiger partial charge on any atom is -0.477 e. The second-order valence-electron chi connectivity index (χ2n) is 4.78. The maximum absolute atomic E-state index is 12.1. The SMILES string of the molecule is Cc1[nH]c(C(=O)O)c(C)c1C(=O)NCC1CCCO1. The lowest BCUT2D eigenvalue weighted by atomic mass is 10.1. The van der Waals surface area contributed by atoms with Crippen molar-refractivity contribution in [2.45, 2.75) is 32.8 Å². The lowest BCUT2D eigenvalue weighted by Gasteiger charge is -2.11. The Morgan fingerprint density at radius 3 is 2.74 bits per heavy atom. The van der Waals surface area contributed by atoms with E-state index in [9.17, 15) is 9.59 Å². The molecule has 1 aliphatic heterocycles. The molecule has 104 valence electrons. The number of aromatic carboxylic acids is 1. The van der Waals surface area contributed by atoms with Gasteiger partial charge in [0.15, 0.2) is 0 Å². The van der Waals surface area contributed by atoms with Crippen LogP contribution >= 0.6 is 0 Å². The number of ether oxygens (including phenoxy) is 1. The van der Waals surface area contributed by atoms with E-state index in [4.69, 9.17) is 9.84 Å². The maximum atomic E-state index is 12.1. The topological polar surface area (TPSA) is 91.4 Å². The Morgan fingerprint density at radius 2 is 2.21 bits per heavy atom. The van der Waals surface area contributed by atoms with Crippen LogP contribution in [0.5, 0.6) is 0 Å². The van der Waals surface area contributed by atoms with Gasteiger partial charge in [0.1, 0.15) is 5.69 Å². The third-order valence-electron chi connectivity index (χ3n) is 3.39. The number of aromatic amines is 1. The molecule has 1 atom stereocenters. The van der Waals surface area contributed by atoms with E-state index >= 15 is 0 Å². The van der Waals surface area contributed by atoms with E-state index in [2.05, 4.69) is 10.3 Å². The van der Waals surface area contributed by atoms with Gasteiger partial charge in [-0.15, -0.1) is 0 Å². The van der Waals surface area contributed by atoms with Crippen molar-refractivity contribution in [3.05, 3.63) is 22.5 Å². The first kappa shape index (κ1) is 13.6. The fourth-order valence-corrected chi connectivity index (χ4v) is 2.40. The molecule has 6 nitrogen and oxygen atoms in total. The molecular weight excluding hydrogens is 248 g/mol. The number of carboxylic acids is 1. The first-order valence-corrected chi connectivity index (χ1v) is 6.33. The third-order valence-corrected chi connectivity index (χ3v) is 3.39. The van der Waals surface area contributed by atoms with Crippen molar-refractivity contribution in [3.8, 4) is 0 Å². The summed E-state index contributed by atoms with van der Waals surface area (Å²) in [5.74, 6) is -1.31. The molecule has 6 heteroatoms. The van der Waals surface area contributed by atoms with Crippen LogP contribution in [0.3, 0.4) is 0 Å². The normalized spacial score (nSPS) is 18.5. The van der Waals surface area contributed by atoms with Gasteiger partial charge in [0.05, 0.1) is 11.7 Å². The van der Waals surface area contributed by atoms with E-state index in [-0.39, 0.29) is 17.7 Å². The molecular formula is C13H18N2O4. The molecule has 0 bridgehead atoms. The summed E-state index contributed by atoms with van der Waals surface area (Å²) in [7, 11) is 0. The maximum Gasteiger partial charge on any atom is 0.352 e. The summed E-state index contributed by atoms with van der Waals surface area (Å²) in [6.07, 6.45) is 2.04. The van der Waals surface area contributed by atoms with Gasteiger partial charge in [0.2, 0.25) is 0 Å². The lowest BCUT2D eigenvalue weighted by Crippen LogP contribution is -2.32. The molecule has 1 fully saturated rings. The Bertz CT molecular complexity index is 501. The average molecular weight is 266 g/mol. The van der Waals surface area contributed by atoms with Crippen LogP contribution in [0.25, 0.3) is 0 Å². The number of aromatic nitrogens is 1. The van der Waals surface area contributed by atoms with Gasteiger partial charge in [-0.1, -0.05) is 0 Å². The fraction of sp³-hybridized carbons (Fsp3) is 0.538. The average Bonchev–Trinajstić information content (AvgIpc) is 2.94. The molecule has 1 aromatic rings. The summed E-state index contributed by atoms with van der Waals surface area (Å²) in [5.41, 5.74) is 1.52. The third kappa shape index (κ3) is 2.78. The number of rotatable bonds is 4. The molecule has 1 saturated heterocycles. The van der Waals surface area contributed by atoms with E-state index in [1.807, 2.05) is 0 Å². The quantitative estimate of drug-likeness (QED) is 0.764. The second-order valence-corrected chi connectivity index (χ2v) is 4.78. The number of carbonyl (C=O) groups excluding carboxylic acids is 1. The van der Waals surface area contributed by atoms with E-state index in [1.165, 1.54) is 0 Å². The van der Waals surface area contributed by atoms with Crippen LogP contribution in [0, 0.1) is 13.8 Å². The highest BCUT2D eigenvalue weighted by atomic mass is 16.5. The summed E-state index contributed by atoms with van der Waals surface area (Å²) in [6, 6.07) is 0. The lowest BCUT2D eigenvalue weighted by molar-refractivity contribution is 0.0690. The minimum absolute atomic E-state index is 0.0692. The van der Waals surface area contributed by atoms with Crippen LogP contribution < -0.4 is 5.32 Å². The molecule has 19 heavy (non-hydrogen) atoms. The number of aryl methyl sites for hydroxylation is 1. The van der Waals surface area contributed by atoms with E-state index in [0.29, 0.717) is 23.4 Å². The molecule has 1 aromatic heterocycles. The van der Waals surface area contributed by atoms with Gasteiger partial charge < -0.3 is 20.1 Å². The van der Waals surface area contributed by atoms with Crippen LogP contribution in [0.4, 0.5) is 0 Å². The van der Waals surface area contributed by atoms with E-state index in [0.717, 1.165) is 19.4 Å². The Balaban J connectivity index is 2.08. The van der Waals surface area contributed by atoms with Gasteiger partial charge in [-0.2, -0.15) is 0 Å². The highest BCUT2D eigenvalue weighted by Gasteiger charge is 2.23. The molecule has 0 aromatic carbocycles. The summed E-state index contributed by atoms with van der Waals surface area (Å²) in [6.45, 7) is 4.53. The molecule has 2 rings (SSSR count). The molecule has 0 spiro atoms. The molecule has 0 saturated carbocycles. The summed E-state index contributed by atoms with van der Waals surface area (Å²) < 4.78 is 5.43. The van der Waals surface area contributed by atoms with Crippen LogP contribution in [0.1, 0.15) is 44.9 Å². The van der Waals surface area contributed by atoms with E-state index < -0.39 is 5.97 Å². The largest absolute Gasteiger partial charge is 0.477 e. The molecule has 3 N–H and O–H groups in total. The van der Waals surface area contributed by atoms with Crippen LogP contribution in [-0.2, 0) is 4.74 Å². The van der Waals surface area contributed by atoms with Gasteiger partial charge in [-0.25, -0.2) is 4.79 Å². The van der Waals surface area contributed by atoms with Crippen LogP contribution in [0.2, 0.25) is 0 Å². The van der Waals surface area contributed by atoms with Crippen molar-refractivity contribution in [2.75, 3.05) is 13.2 Å². The van der Waals surface area contributed by atoms with Gasteiger partial charge in [-0.05, 0) is 32.3 Å². The summed E-state index contributed by atoms with van der Waals surface area (Å²) in [5, 5.41) is 11.8. The number of carboxylic acid groups (broad SMARTS) is 1. The molecule has 1 amide bonds. The van der Waals surface area contributed by atoms with Crippen molar-refractivity contribution in [1.29, 1.82) is 0 Å². The van der Waals surface area contributed by atoms with Crippen LogP contribution in [0.15, 0.2) is 0 Å². The zero-order chi connectivity index (χ0) is 14.0. The van der Waals surface area contributed by atoms with Gasteiger partial charge in [0.25, 0.3) is 5.91 Å². The number of carbonyl (C=O) groups is 2. The predicted molar refractivity (Wildman–Crippen MR) is 68.5 cm³/mol. The first-order valence-electron chi connectivity index (χ1n) is 6.33. The number of nitrogens with one attached hydrogen (secondary N) is 2. The van der Waals surface area contributed by atoms with Crippen molar-refractivity contribution in [3.63, 3.8) is 0 Å². The van der Waals surface area contributed by atoms with Crippen molar-refractivity contribution < 1.29 is 19.4 Å². The van der Waals surface area contributed by atoms with Gasteiger partial charge >= 0.3 is 5.97 Å². The number of hydrogen-bond donors (Lipinski definition) is 3. The van der Waals surface area contributed by atoms with Crippen LogP contribution in [-0.4, -0.2) is 41.2 Å². The Morgan fingerprint density at radius 1 is 1.47 bits per heavy atom. The first-order chi connectivity index (χ1) is 9.00. The van der Waals surface area contributed by atoms with Gasteiger partial charge in [-0.3, -0.25) is 4.79 Å². The summed E-state index contributed by atoms with van der Waals surface area (Å²) in [4.78, 5) is 25.8. The fourth-order valence-electron chi connectivity index (χ4n) is 2.40. The number of hydrogen-bond acceptors (Lipinski definition) is 3. The minimum atomic E-state index is -1.06. The van der Waals surface area contributed by atoms with Gasteiger partial charge in [0, 0.05) is 18.8 Å². The van der Waals surface area contributed by atoms with Crippen molar-refractivity contribution in [2.24, 2.45) is 0 Å². The Labute approximate surface area is 111 Å². The van der Waals surface area contributed by atoms with Crippen molar-refractivity contribution >= 4 is 11.9 Å². The zero-order valence-electron chi connectivity index (χ0n) is 11.1. The number of H-pyrrole nitrogens is 1.